The summed E-state index contributed by atoms with van der Waals surface area (Å²) in [4.78, 5) is 11.1. The molecule has 0 aromatic heterocycles. The lowest BCUT2D eigenvalue weighted by atomic mass is 10.2. The highest BCUT2D eigenvalue weighted by Crippen LogP contribution is 2.11. The molecule has 0 amide bonds. The van der Waals surface area contributed by atoms with Gasteiger partial charge in [0.2, 0.25) is 0 Å². The lowest BCUT2D eigenvalue weighted by Gasteiger charge is -2.24. The molecule has 84 valence electrons. The van der Waals surface area contributed by atoms with Gasteiger partial charge in [0.25, 0.3) is 0 Å². The van der Waals surface area contributed by atoms with E-state index < -0.39 is 0 Å². The van der Waals surface area contributed by atoms with Crippen molar-refractivity contribution >= 4 is 5.97 Å². The van der Waals surface area contributed by atoms with E-state index >= 15 is 0 Å². The first-order chi connectivity index (χ1) is 6.22. The maximum absolute atomic E-state index is 11.1. The summed E-state index contributed by atoms with van der Waals surface area (Å²) in [6, 6.07) is 0. The number of hydrogen-bond acceptors (Lipinski definition) is 3. The normalized spacial score (nSPS) is 14.2. The molecule has 0 N–H and O–H groups in total. The van der Waals surface area contributed by atoms with Gasteiger partial charge >= 0.3 is 5.97 Å². The van der Waals surface area contributed by atoms with E-state index in [1.54, 1.807) is 0 Å². The largest absolute Gasteiger partial charge is 0.463 e. The quantitative estimate of drug-likeness (QED) is 0.657. The smallest absolute Gasteiger partial charge is 0.308 e. The van der Waals surface area contributed by atoms with Crippen LogP contribution < -0.4 is 0 Å². The Kier molecular flexibility index (Phi) is 5.13. The minimum atomic E-state index is -0.191. The summed E-state index contributed by atoms with van der Waals surface area (Å²) < 4.78 is 10.6. The second-order valence-electron chi connectivity index (χ2n) is 4.83. The van der Waals surface area contributed by atoms with Crippen LogP contribution in [0, 0.1) is 5.92 Å². The average molecular weight is 202 g/mol. The molecule has 0 spiro atoms. The van der Waals surface area contributed by atoms with E-state index in [0.717, 1.165) is 0 Å². The zero-order chi connectivity index (χ0) is 11.4. The van der Waals surface area contributed by atoms with Crippen molar-refractivity contribution in [1.29, 1.82) is 0 Å². The van der Waals surface area contributed by atoms with Gasteiger partial charge in [-0.3, -0.25) is 4.79 Å². The van der Waals surface area contributed by atoms with Crippen molar-refractivity contribution < 1.29 is 14.3 Å². The van der Waals surface area contributed by atoms with Crippen molar-refractivity contribution in [3.8, 4) is 0 Å². The van der Waals surface area contributed by atoms with Gasteiger partial charge in [-0.05, 0) is 27.7 Å². The average Bonchev–Trinajstić information content (AvgIpc) is 1.96. The van der Waals surface area contributed by atoms with Crippen molar-refractivity contribution in [2.75, 3.05) is 6.61 Å². The lowest BCUT2D eigenvalue weighted by molar-refractivity contribution is -0.155. The Labute approximate surface area is 86.8 Å². The maximum atomic E-state index is 11.1. The highest BCUT2D eigenvalue weighted by molar-refractivity contribution is 5.71. The molecule has 14 heavy (non-hydrogen) atoms. The number of ether oxygens (including phenoxy) is 2. The SMILES string of the molecule is CC(COC(=O)C(C)C)OC(C)(C)C. The number of carbonyl (C=O) groups is 1. The Morgan fingerprint density at radius 1 is 1.21 bits per heavy atom. The van der Waals surface area contributed by atoms with Crippen molar-refractivity contribution in [3.63, 3.8) is 0 Å². The van der Waals surface area contributed by atoms with Gasteiger partial charge in [-0.2, -0.15) is 0 Å². The van der Waals surface area contributed by atoms with Crippen LogP contribution >= 0.6 is 0 Å². The van der Waals surface area contributed by atoms with E-state index in [1.807, 2.05) is 41.5 Å². The second-order valence-corrected chi connectivity index (χ2v) is 4.83. The molecule has 1 unspecified atom stereocenters. The second kappa shape index (κ2) is 5.35. The molecular weight excluding hydrogens is 180 g/mol. The molecule has 0 saturated heterocycles. The van der Waals surface area contributed by atoms with Crippen LogP contribution in [0.1, 0.15) is 41.5 Å². The first-order valence-corrected chi connectivity index (χ1v) is 5.07. The molecule has 0 aliphatic rings. The molecule has 0 rings (SSSR count). The Balaban J connectivity index is 3.75. The van der Waals surface area contributed by atoms with E-state index in [4.69, 9.17) is 9.47 Å². The highest BCUT2D eigenvalue weighted by atomic mass is 16.6. The fourth-order valence-electron chi connectivity index (χ4n) is 1.00. The molecule has 3 nitrogen and oxygen atoms in total. The topological polar surface area (TPSA) is 35.5 Å². The molecule has 0 heterocycles. The first kappa shape index (κ1) is 13.4. The lowest BCUT2D eigenvalue weighted by Crippen LogP contribution is -2.30. The van der Waals surface area contributed by atoms with Crippen molar-refractivity contribution in [2.45, 2.75) is 53.2 Å². The Morgan fingerprint density at radius 2 is 1.71 bits per heavy atom. The van der Waals surface area contributed by atoms with E-state index in [9.17, 15) is 4.79 Å². The number of carbonyl (C=O) groups excluding carboxylic acids is 1. The van der Waals surface area contributed by atoms with Crippen LogP contribution in [-0.2, 0) is 14.3 Å². The summed E-state index contributed by atoms with van der Waals surface area (Å²) in [6.45, 7) is 11.8. The van der Waals surface area contributed by atoms with Crippen molar-refractivity contribution in [3.05, 3.63) is 0 Å². The molecule has 0 bridgehead atoms. The summed E-state index contributed by atoms with van der Waals surface area (Å²) in [5, 5.41) is 0. The molecule has 0 fully saturated rings. The van der Waals surface area contributed by atoms with Crippen LogP contribution in [0.15, 0.2) is 0 Å². The van der Waals surface area contributed by atoms with Crippen LogP contribution in [0.5, 0.6) is 0 Å². The monoisotopic (exact) mass is 202 g/mol. The van der Waals surface area contributed by atoms with Gasteiger partial charge in [0.15, 0.2) is 0 Å². The Bertz CT molecular complexity index is 179. The maximum Gasteiger partial charge on any atom is 0.308 e. The van der Waals surface area contributed by atoms with Gasteiger partial charge in [-0.1, -0.05) is 13.8 Å². The predicted molar refractivity (Wildman–Crippen MR) is 56.1 cm³/mol. The summed E-state index contributed by atoms with van der Waals surface area (Å²) in [6.07, 6.45) is -0.0577. The molecule has 0 aliphatic carbocycles. The molecule has 0 aromatic rings. The van der Waals surface area contributed by atoms with Crippen LogP contribution in [0.4, 0.5) is 0 Å². The fraction of sp³-hybridized carbons (Fsp3) is 0.909. The van der Waals surface area contributed by atoms with Crippen molar-refractivity contribution in [1.82, 2.24) is 0 Å². The third-order valence-corrected chi connectivity index (χ3v) is 1.49. The summed E-state index contributed by atoms with van der Waals surface area (Å²) in [5.41, 5.74) is -0.191. The van der Waals surface area contributed by atoms with E-state index in [0.29, 0.717) is 6.61 Å². The standard InChI is InChI=1S/C11H22O3/c1-8(2)10(12)13-7-9(3)14-11(4,5)6/h8-9H,7H2,1-6H3. The van der Waals surface area contributed by atoms with Gasteiger partial charge in [0.1, 0.15) is 6.61 Å². The van der Waals surface area contributed by atoms with E-state index in [1.165, 1.54) is 0 Å². The zero-order valence-electron chi connectivity index (χ0n) is 10.1. The van der Waals surface area contributed by atoms with Crippen LogP contribution in [0.3, 0.4) is 0 Å². The highest BCUT2D eigenvalue weighted by Gasteiger charge is 2.17. The van der Waals surface area contributed by atoms with Gasteiger partial charge in [-0.25, -0.2) is 0 Å². The Hall–Kier alpha value is -0.570. The van der Waals surface area contributed by atoms with E-state index in [2.05, 4.69) is 0 Å². The first-order valence-electron chi connectivity index (χ1n) is 5.07. The minimum Gasteiger partial charge on any atom is -0.463 e. The van der Waals surface area contributed by atoms with E-state index in [-0.39, 0.29) is 23.6 Å². The van der Waals surface area contributed by atoms with Gasteiger partial charge in [-0.15, -0.1) is 0 Å². The third kappa shape index (κ3) is 6.89. The molecule has 0 aliphatic heterocycles. The number of rotatable bonds is 4. The zero-order valence-corrected chi connectivity index (χ0v) is 10.1. The minimum absolute atomic E-state index is 0.0577. The van der Waals surface area contributed by atoms with Crippen LogP contribution in [-0.4, -0.2) is 24.3 Å². The van der Waals surface area contributed by atoms with Gasteiger partial charge in [0.05, 0.1) is 17.6 Å². The van der Waals surface area contributed by atoms with Crippen molar-refractivity contribution in [2.24, 2.45) is 5.92 Å². The summed E-state index contributed by atoms with van der Waals surface area (Å²) in [7, 11) is 0. The molecule has 0 saturated carbocycles. The molecule has 0 aromatic carbocycles. The molecule has 3 heteroatoms. The third-order valence-electron chi connectivity index (χ3n) is 1.49. The predicted octanol–water partition coefficient (Wildman–Crippen LogP) is 2.39. The fourth-order valence-corrected chi connectivity index (χ4v) is 1.00. The molecule has 1 atom stereocenters. The van der Waals surface area contributed by atoms with Gasteiger partial charge in [0, 0.05) is 0 Å². The summed E-state index contributed by atoms with van der Waals surface area (Å²) in [5.74, 6) is -0.244. The van der Waals surface area contributed by atoms with Gasteiger partial charge < -0.3 is 9.47 Å². The number of hydrogen-bond donors (Lipinski definition) is 0. The van der Waals surface area contributed by atoms with Crippen LogP contribution in [0.2, 0.25) is 0 Å². The van der Waals surface area contributed by atoms with Crippen LogP contribution in [0.25, 0.3) is 0 Å². The molecule has 0 radical (unpaired) electrons. The Morgan fingerprint density at radius 3 is 2.07 bits per heavy atom. The molecular formula is C11H22O3. The summed E-state index contributed by atoms with van der Waals surface area (Å²) >= 11 is 0. The number of esters is 1.